The summed E-state index contributed by atoms with van der Waals surface area (Å²) in [6.45, 7) is 6.50. The second kappa shape index (κ2) is 7.27. The van der Waals surface area contributed by atoms with Crippen LogP contribution < -0.4 is 14.8 Å². The second-order valence-electron chi connectivity index (χ2n) is 7.38. The minimum atomic E-state index is -0.234. The zero-order valence-corrected chi connectivity index (χ0v) is 16.3. The van der Waals surface area contributed by atoms with Crippen LogP contribution in [0.15, 0.2) is 53.2 Å². The molecular formula is C22H24N2O3. The Bertz CT molecular complexity index is 920. The number of hydrogen-bond acceptors (Lipinski definition) is 4. The van der Waals surface area contributed by atoms with Crippen molar-refractivity contribution in [3.8, 4) is 11.5 Å². The van der Waals surface area contributed by atoms with Crippen LogP contribution in [0.3, 0.4) is 0 Å². The lowest BCUT2D eigenvalue weighted by molar-refractivity contribution is -0.115. The summed E-state index contributed by atoms with van der Waals surface area (Å²) in [6, 6.07) is 13.5. The first kappa shape index (κ1) is 18.7. The highest BCUT2D eigenvalue weighted by molar-refractivity contribution is 6.19. The van der Waals surface area contributed by atoms with E-state index in [2.05, 4.69) is 43.2 Å². The smallest absolute Gasteiger partial charge is 0.275 e. The van der Waals surface area contributed by atoms with Gasteiger partial charge in [-0.1, -0.05) is 45.0 Å². The number of nitrogens with zero attached hydrogens (tertiary/aromatic N) is 1. The minimum Gasteiger partial charge on any atom is -0.497 e. The van der Waals surface area contributed by atoms with Gasteiger partial charge in [0.05, 0.1) is 14.2 Å². The maximum absolute atomic E-state index is 12.4. The molecule has 0 aliphatic carbocycles. The number of methoxy groups -OCH3 is 2. The predicted molar refractivity (Wildman–Crippen MR) is 107 cm³/mol. The predicted octanol–water partition coefficient (Wildman–Crippen LogP) is 3.92. The van der Waals surface area contributed by atoms with E-state index < -0.39 is 0 Å². The van der Waals surface area contributed by atoms with E-state index in [0.717, 1.165) is 11.1 Å². The Morgan fingerprint density at radius 3 is 2.30 bits per heavy atom. The van der Waals surface area contributed by atoms with Crippen molar-refractivity contribution in [2.24, 2.45) is 4.99 Å². The minimum absolute atomic E-state index is 0.0786. The third kappa shape index (κ3) is 4.03. The molecule has 2 aromatic rings. The third-order valence-corrected chi connectivity index (χ3v) is 4.45. The molecule has 1 heterocycles. The van der Waals surface area contributed by atoms with Gasteiger partial charge >= 0.3 is 0 Å². The van der Waals surface area contributed by atoms with Crippen molar-refractivity contribution in [1.82, 2.24) is 5.32 Å². The van der Waals surface area contributed by atoms with Crippen LogP contribution in [-0.2, 0) is 10.2 Å². The van der Waals surface area contributed by atoms with E-state index in [9.17, 15) is 4.79 Å². The zero-order valence-electron chi connectivity index (χ0n) is 16.3. The molecule has 0 fully saturated rings. The Balaban J connectivity index is 1.91. The van der Waals surface area contributed by atoms with Crippen LogP contribution >= 0.6 is 0 Å². The van der Waals surface area contributed by atoms with Crippen molar-refractivity contribution < 1.29 is 14.3 Å². The highest BCUT2D eigenvalue weighted by Gasteiger charge is 2.22. The fraction of sp³-hybridized carbons (Fsp3) is 0.273. The van der Waals surface area contributed by atoms with Gasteiger partial charge in [0.1, 0.15) is 23.0 Å². The van der Waals surface area contributed by atoms with E-state index in [-0.39, 0.29) is 11.3 Å². The van der Waals surface area contributed by atoms with Gasteiger partial charge in [0, 0.05) is 17.2 Å². The summed E-state index contributed by atoms with van der Waals surface area (Å²) < 4.78 is 10.6. The molecule has 0 atom stereocenters. The lowest BCUT2D eigenvalue weighted by atomic mass is 9.86. The number of hydrogen-bond donors (Lipinski definition) is 1. The molecule has 5 heteroatoms. The van der Waals surface area contributed by atoms with E-state index in [0.29, 0.717) is 23.0 Å². The Kier molecular flexibility index (Phi) is 5.04. The number of ether oxygens (including phenoxy) is 2. The molecule has 27 heavy (non-hydrogen) atoms. The normalized spacial score (nSPS) is 15.5. The molecule has 0 radical (unpaired) electrons. The van der Waals surface area contributed by atoms with Crippen LogP contribution in [0.1, 0.15) is 37.5 Å². The summed E-state index contributed by atoms with van der Waals surface area (Å²) >= 11 is 0. The van der Waals surface area contributed by atoms with Crippen LogP contribution in [-0.4, -0.2) is 26.0 Å². The number of benzene rings is 2. The van der Waals surface area contributed by atoms with Crippen molar-refractivity contribution in [1.29, 1.82) is 0 Å². The first-order valence-corrected chi connectivity index (χ1v) is 8.76. The molecule has 1 aliphatic rings. The van der Waals surface area contributed by atoms with Gasteiger partial charge in [0.25, 0.3) is 5.91 Å². The van der Waals surface area contributed by atoms with Gasteiger partial charge < -0.3 is 14.8 Å². The molecule has 0 saturated carbocycles. The molecule has 5 nitrogen and oxygen atoms in total. The van der Waals surface area contributed by atoms with Crippen molar-refractivity contribution >= 4 is 17.8 Å². The van der Waals surface area contributed by atoms with Crippen LogP contribution in [0.2, 0.25) is 0 Å². The summed E-state index contributed by atoms with van der Waals surface area (Å²) in [4.78, 5) is 16.8. The van der Waals surface area contributed by atoms with Crippen LogP contribution in [0.5, 0.6) is 11.5 Å². The monoisotopic (exact) mass is 364 g/mol. The maximum atomic E-state index is 12.4. The average molecular weight is 364 g/mol. The van der Waals surface area contributed by atoms with E-state index in [1.807, 2.05) is 24.3 Å². The van der Waals surface area contributed by atoms with Gasteiger partial charge in [-0.25, -0.2) is 4.99 Å². The van der Waals surface area contributed by atoms with E-state index >= 15 is 0 Å². The fourth-order valence-electron chi connectivity index (χ4n) is 2.82. The van der Waals surface area contributed by atoms with Crippen LogP contribution in [0.25, 0.3) is 6.08 Å². The standard InChI is InChI=1S/C22H24N2O3/c1-22(2,3)16-9-6-14(7-10-16)20-23-18(21(25)24-20)12-15-8-11-17(26-4)13-19(15)27-5/h6-13H,1-5H3,(H,23,24,25)/b18-12+. The van der Waals surface area contributed by atoms with Gasteiger partial charge in [0.2, 0.25) is 0 Å². The largest absolute Gasteiger partial charge is 0.497 e. The van der Waals surface area contributed by atoms with Crippen molar-refractivity contribution in [2.45, 2.75) is 26.2 Å². The SMILES string of the molecule is COc1ccc(/C=C2/N=C(c3ccc(C(C)(C)C)cc3)NC2=O)c(OC)c1. The van der Waals surface area contributed by atoms with E-state index in [1.165, 1.54) is 5.56 Å². The first-order chi connectivity index (χ1) is 12.8. The quantitative estimate of drug-likeness (QED) is 0.837. The van der Waals surface area contributed by atoms with E-state index in [4.69, 9.17) is 9.47 Å². The number of nitrogens with one attached hydrogen (secondary N) is 1. The Morgan fingerprint density at radius 1 is 1.00 bits per heavy atom. The molecule has 2 aromatic carbocycles. The molecule has 1 amide bonds. The second-order valence-corrected chi connectivity index (χ2v) is 7.38. The molecule has 0 aromatic heterocycles. The van der Waals surface area contributed by atoms with Gasteiger partial charge in [0.15, 0.2) is 0 Å². The van der Waals surface area contributed by atoms with Gasteiger partial charge in [-0.3, -0.25) is 4.79 Å². The van der Waals surface area contributed by atoms with Crippen molar-refractivity contribution in [3.63, 3.8) is 0 Å². The first-order valence-electron chi connectivity index (χ1n) is 8.76. The van der Waals surface area contributed by atoms with Gasteiger partial charge in [-0.15, -0.1) is 0 Å². The molecule has 1 N–H and O–H groups in total. The van der Waals surface area contributed by atoms with Crippen molar-refractivity contribution in [3.05, 3.63) is 64.9 Å². The molecule has 0 unspecified atom stereocenters. The lowest BCUT2D eigenvalue weighted by Gasteiger charge is -2.19. The highest BCUT2D eigenvalue weighted by Crippen LogP contribution is 2.28. The molecule has 3 rings (SSSR count). The number of carbonyl (C=O) groups is 1. The number of amides is 1. The zero-order chi connectivity index (χ0) is 19.6. The summed E-state index contributed by atoms with van der Waals surface area (Å²) in [7, 11) is 3.18. The van der Waals surface area contributed by atoms with Crippen LogP contribution in [0.4, 0.5) is 0 Å². The maximum Gasteiger partial charge on any atom is 0.275 e. The summed E-state index contributed by atoms with van der Waals surface area (Å²) in [5, 5.41) is 2.84. The molecule has 0 saturated heterocycles. The topological polar surface area (TPSA) is 59.9 Å². The number of rotatable bonds is 4. The summed E-state index contributed by atoms with van der Waals surface area (Å²) in [5.74, 6) is 1.63. The average Bonchev–Trinajstić information content (AvgIpc) is 3.02. The third-order valence-electron chi connectivity index (χ3n) is 4.45. The summed E-state index contributed by atoms with van der Waals surface area (Å²) in [5.41, 5.74) is 3.29. The molecule has 0 bridgehead atoms. The molecular weight excluding hydrogens is 340 g/mol. The molecule has 140 valence electrons. The molecule has 1 aliphatic heterocycles. The highest BCUT2D eigenvalue weighted by atomic mass is 16.5. The Labute approximate surface area is 159 Å². The van der Waals surface area contributed by atoms with E-state index in [1.54, 1.807) is 26.4 Å². The number of amidine groups is 1. The lowest BCUT2D eigenvalue weighted by Crippen LogP contribution is -2.24. The fourth-order valence-corrected chi connectivity index (χ4v) is 2.82. The summed E-state index contributed by atoms with van der Waals surface area (Å²) in [6.07, 6.45) is 1.71. The Hall–Kier alpha value is -3.08. The van der Waals surface area contributed by atoms with Gasteiger partial charge in [-0.2, -0.15) is 0 Å². The number of aliphatic imine (C=N–C) groups is 1. The van der Waals surface area contributed by atoms with Crippen molar-refractivity contribution in [2.75, 3.05) is 14.2 Å². The van der Waals surface area contributed by atoms with Crippen LogP contribution in [0, 0.1) is 0 Å². The Morgan fingerprint density at radius 2 is 1.70 bits per heavy atom. The number of carbonyl (C=O) groups excluding carboxylic acids is 1. The molecule has 0 spiro atoms. The van der Waals surface area contributed by atoms with Gasteiger partial charge in [-0.05, 0) is 29.2 Å².